The molecule has 0 aromatic heterocycles. The second-order valence-electron chi connectivity index (χ2n) is 2.72. The van der Waals surface area contributed by atoms with Crippen molar-refractivity contribution in [2.45, 2.75) is 6.54 Å². The van der Waals surface area contributed by atoms with Crippen LogP contribution in [0.4, 0.5) is 0 Å². The van der Waals surface area contributed by atoms with E-state index < -0.39 is 9.68 Å². The van der Waals surface area contributed by atoms with Crippen molar-refractivity contribution in [1.29, 1.82) is 0 Å². The summed E-state index contributed by atoms with van der Waals surface area (Å²) in [4.78, 5) is 0. The molecule has 1 aromatic rings. The highest BCUT2D eigenvalue weighted by Crippen LogP contribution is 2.17. The summed E-state index contributed by atoms with van der Waals surface area (Å²) in [5.74, 6) is 0.867. The van der Waals surface area contributed by atoms with Crippen molar-refractivity contribution in [2.75, 3.05) is 7.11 Å². The van der Waals surface area contributed by atoms with Crippen molar-refractivity contribution < 1.29 is 4.74 Å². The molecular formula is C10H14N2OSi. The fraction of sp³-hybridized carbons (Fsp3) is 0.200. The molecule has 0 fully saturated rings. The minimum Gasteiger partial charge on any atom is -0.496 e. The summed E-state index contributed by atoms with van der Waals surface area (Å²) in [6.07, 6.45) is 0. The molecule has 1 rings (SSSR count). The Kier molecular flexibility index (Phi) is 4.64. The molecule has 0 unspecified atom stereocenters. The monoisotopic (exact) mass is 206 g/mol. The highest BCUT2D eigenvalue weighted by molar-refractivity contribution is 6.39. The fourth-order valence-electron chi connectivity index (χ4n) is 1.08. The molecule has 0 saturated heterocycles. The molecule has 1 aromatic carbocycles. The van der Waals surface area contributed by atoms with Crippen LogP contribution in [0, 0.1) is 0 Å². The number of nitrogens with zero attached hydrogens (tertiary/aromatic N) is 2. The van der Waals surface area contributed by atoms with Crippen LogP contribution in [-0.4, -0.2) is 16.8 Å². The standard InChI is InChI=1S/C10H14N2OSi/c1-3-14-12-11-8-9-6-4-5-7-10(9)13-2/h3-7H,1,8,14H2,2H3. The molecule has 0 aliphatic rings. The van der Waals surface area contributed by atoms with E-state index in [9.17, 15) is 0 Å². The van der Waals surface area contributed by atoms with E-state index in [1.54, 1.807) is 7.11 Å². The van der Waals surface area contributed by atoms with Crippen molar-refractivity contribution >= 4 is 9.68 Å². The largest absolute Gasteiger partial charge is 0.496 e. The number of benzene rings is 1. The van der Waals surface area contributed by atoms with Crippen LogP contribution in [0.2, 0.25) is 0 Å². The van der Waals surface area contributed by atoms with E-state index in [4.69, 9.17) is 4.74 Å². The normalized spacial score (nSPS) is 11.2. The van der Waals surface area contributed by atoms with Gasteiger partial charge in [0.2, 0.25) is 9.68 Å². The number of para-hydroxylation sites is 1. The average Bonchev–Trinajstić information content (AvgIpc) is 2.25. The van der Waals surface area contributed by atoms with E-state index in [1.807, 2.05) is 30.0 Å². The maximum absolute atomic E-state index is 5.19. The first-order valence-electron chi connectivity index (χ1n) is 4.44. The van der Waals surface area contributed by atoms with Gasteiger partial charge >= 0.3 is 0 Å². The van der Waals surface area contributed by atoms with Gasteiger partial charge in [-0.15, -0.1) is 6.58 Å². The Labute approximate surface area is 86.4 Å². The lowest BCUT2D eigenvalue weighted by atomic mass is 10.2. The molecule has 0 aliphatic carbocycles. The van der Waals surface area contributed by atoms with Gasteiger partial charge in [-0.25, -0.2) is 4.78 Å². The maximum Gasteiger partial charge on any atom is 0.201 e. The summed E-state index contributed by atoms with van der Waals surface area (Å²) in [7, 11) is 1.13. The van der Waals surface area contributed by atoms with Gasteiger partial charge in [-0.05, 0) is 6.07 Å². The van der Waals surface area contributed by atoms with Gasteiger partial charge in [0.05, 0.1) is 13.7 Å². The Morgan fingerprint density at radius 2 is 2.29 bits per heavy atom. The van der Waals surface area contributed by atoms with E-state index in [0.717, 1.165) is 11.3 Å². The Morgan fingerprint density at radius 3 is 3.00 bits per heavy atom. The predicted molar refractivity (Wildman–Crippen MR) is 60.3 cm³/mol. The first-order valence-corrected chi connectivity index (χ1v) is 5.89. The molecule has 0 bridgehead atoms. The van der Waals surface area contributed by atoms with E-state index in [1.165, 1.54) is 0 Å². The van der Waals surface area contributed by atoms with Crippen molar-refractivity contribution in [3.63, 3.8) is 0 Å². The van der Waals surface area contributed by atoms with Gasteiger partial charge < -0.3 is 4.74 Å². The van der Waals surface area contributed by atoms with Gasteiger partial charge in [0.1, 0.15) is 5.75 Å². The zero-order chi connectivity index (χ0) is 10.2. The third kappa shape index (κ3) is 3.14. The molecule has 74 valence electrons. The van der Waals surface area contributed by atoms with Gasteiger partial charge in [0, 0.05) is 5.56 Å². The second kappa shape index (κ2) is 6.10. The van der Waals surface area contributed by atoms with Crippen molar-refractivity contribution in [3.8, 4) is 5.75 Å². The SMILES string of the molecule is C=C[SiH2]N=NCc1ccccc1OC. The Bertz CT molecular complexity index is 326. The van der Waals surface area contributed by atoms with Crippen LogP contribution >= 0.6 is 0 Å². The minimum atomic E-state index is -0.531. The Hall–Kier alpha value is -1.42. The number of ether oxygens (including phenoxy) is 1. The molecule has 0 N–H and O–H groups in total. The van der Waals surface area contributed by atoms with Gasteiger partial charge in [-0.1, -0.05) is 23.9 Å². The van der Waals surface area contributed by atoms with Crippen molar-refractivity contribution in [1.82, 2.24) is 0 Å². The Balaban J connectivity index is 2.61. The maximum atomic E-state index is 5.19. The third-order valence-electron chi connectivity index (χ3n) is 1.74. The molecule has 0 radical (unpaired) electrons. The van der Waals surface area contributed by atoms with Crippen LogP contribution in [0.15, 0.2) is 46.4 Å². The molecule has 0 aliphatic heterocycles. The molecule has 0 spiro atoms. The van der Waals surface area contributed by atoms with Gasteiger partial charge in [-0.3, -0.25) is 0 Å². The average molecular weight is 206 g/mol. The molecule has 14 heavy (non-hydrogen) atoms. The highest BCUT2D eigenvalue weighted by Gasteiger charge is 1.98. The zero-order valence-corrected chi connectivity index (χ0v) is 9.72. The molecule has 0 saturated carbocycles. The lowest BCUT2D eigenvalue weighted by molar-refractivity contribution is 0.409. The summed E-state index contributed by atoms with van der Waals surface area (Å²) >= 11 is 0. The molecule has 4 heteroatoms. The van der Waals surface area contributed by atoms with Gasteiger partial charge in [0.25, 0.3) is 0 Å². The number of hydrogen-bond donors (Lipinski definition) is 0. The lowest BCUT2D eigenvalue weighted by Crippen LogP contribution is -1.89. The quantitative estimate of drug-likeness (QED) is 0.535. The van der Waals surface area contributed by atoms with Gasteiger partial charge in [-0.2, -0.15) is 5.11 Å². The summed E-state index contributed by atoms with van der Waals surface area (Å²) in [6.45, 7) is 4.21. The summed E-state index contributed by atoms with van der Waals surface area (Å²) < 4.78 is 9.24. The van der Waals surface area contributed by atoms with Crippen LogP contribution in [0.1, 0.15) is 5.56 Å². The lowest BCUT2D eigenvalue weighted by Gasteiger charge is -2.04. The zero-order valence-electron chi connectivity index (χ0n) is 8.31. The highest BCUT2D eigenvalue weighted by atomic mass is 28.2. The third-order valence-corrected chi connectivity index (χ3v) is 2.37. The smallest absolute Gasteiger partial charge is 0.201 e. The number of methoxy groups -OCH3 is 1. The van der Waals surface area contributed by atoms with Gasteiger partial charge in [0.15, 0.2) is 0 Å². The van der Waals surface area contributed by atoms with E-state index in [2.05, 4.69) is 16.5 Å². The minimum absolute atomic E-state index is 0.531. The summed E-state index contributed by atoms with van der Waals surface area (Å²) in [5.41, 5.74) is 2.92. The second-order valence-corrected chi connectivity index (χ2v) is 3.95. The first-order chi connectivity index (χ1) is 6.88. The molecule has 3 nitrogen and oxygen atoms in total. The van der Waals surface area contributed by atoms with Crippen LogP contribution in [-0.2, 0) is 6.54 Å². The van der Waals surface area contributed by atoms with E-state index in [-0.39, 0.29) is 0 Å². The van der Waals surface area contributed by atoms with Crippen LogP contribution in [0.5, 0.6) is 5.75 Å². The van der Waals surface area contributed by atoms with Crippen molar-refractivity contribution in [2.24, 2.45) is 9.89 Å². The van der Waals surface area contributed by atoms with Crippen LogP contribution in [0.3, 0.4) is 0 Å². The van der Waals surface area contributed by atoms with Crippen LogP contribution in [0.25, 0.3) is 0 Å². The van der Waals surface area contributed by atoms with E-state index >= 15 is 0 Å². The molecule has 0 amide bonds. The molecular weight excluding hydrogens is 192 g/mol. The topological polar surface area (TPSA) is 34.0 Å². The molecule has 0 heterocycles. The van der Waals surface area contributed by atoms with Crippen LogP contribution < -0.4 is 4.74 Å². The summed E-state index contributed by atoms with van der Waals surface area (Å²) in [5, 5.41) is 4.08. The predicted octanol–water partition coefficient (Wildman–Crippen LogP) is 1.87. The number of rotatable bonds is 5. The van der Waals surface area contributed by atoms with E-state index in [0.29, 0.717) is 6.54 Å². The number of hydrogen-bond acceptors (Lipinski definition) is 3. The molecule has 0 atom stereocenters. The summed E-state index contributed by atoms with van der Waals surface area (Å²) in [6, 6.07) is 7.83. The van der Waals surface area contributed by atoms with Crippen molar-refractivity contribution in [3.05, 3.63) is 42.1 Å². The Morgan fingerprint density at radius 1 is 1.50 bits per heavy atom. The first kappa shape index (κ1) is 10.7. The fourth-order valence-corrected chi connectivity index (χ4v) is 1.41.